The van der Waals surface area contributed by atoms with Crippen molar-refractivity contribution in [1.29, 1.82) is 0 Å². The van der Waals surface area contributed by atoms with Gasteiger partial charge in [0.2, 0.25) is 0 Å². The van der Waals surface area contributed by atoms with Crippen molar-refractivity contribution in [3.8, 4) is 0 Å². The molecule has 0 atom stereocenters. The van der Waals surface area contributed by atoms with Gasteiger partial charge in [-0.1, -0.05) is 30.3 Å². The maximum Gasteiger partial charge on any atom is 0.327 e. The molecule has 0 N–H and O–H groups in total. The number of imide groups is 1. The Hall–Kier alpha value is -2.29. The summed E-state index contributed by atoms with van der Waals surface area (Å²) in [6.07, 6.45) is 3.79. The van der Waals surface area contributed by atoms with E-state index >= 15 is 0 Å². The van der Waals surface area contributed by atoms with Crippen LogP contribution in [0.5, 0.6) is 0 Å². The van der Waals surface area contributed by atoms with E-state index in [1.54, 1.807) is 23.3 Å². The van der Waals surface area contributed by atoms with Crippen molar-refractivity contribution in [2.24, 2.45) is 0 Å². The maximum atomic E-state index is 13.5. The molecule has 2 fully saturated rings. The highest BCUT2D eigenvalue weighted by Gasteiger charge is 2.57. The van der Waals surface area contributed by atoms with Crippen molar-refractivity contribution >= 4 is 23.3 Å². The molecule has 1 aromatic heterocycles. The Balaban J connectivity index is 1.47. The maximum absolute atomic E-state index is 13.5. The van der Waals surface area contributed by atoms with E-state index in [9.17, 15) is 9.59 Å². The Morgan fingerprint density at radius 2 is 1.90 bits per heavy atom. The van der Waals surface area contributed by atoms with Gasteiger partial charge in [-0.2, -0.15) is 0 Å². The van der Waals surface area contributed by atoms with Crippen molar-refractivity contribution in [3.05, 3.63) is 52.5 Å². The van der Waals surface area contributed by atoms with E-state index in [-0.39, 0.29) is 11.9 Å². The number of benzene rings is 1. The third-order valence-electron chi connectivity index (χ3n) is 6.13. The van der Waals surface area contributed by atoms with Gasteiger partial charge in [0.1, 0.15) is 10.5 Å². The zero-order chi connectivity index (χ0) is 21.0. The van der Waals surface area contributed by atoms with E-state index in [0.717, 1.165) is 30.2 Å². The lowest BCUT2D eigenvalue weighted by Crippen LogP contribution is -2.57. The molecule has 0 radical (unpaired) electrons. The first-order chi connectivity index (χ1) is 14.6. The van der Waals surface area contributed by atoms with Crippen LogP contribution in [0.3, 0.4) is 0 Å². The van der Waals surface area contributed by atoms with Crippen LogP contribution >= 0.6 is 11.3 Å². The molecule has 3 amide bonds. The van der Waals surface area contributed by atoms with Gasteiger partial charge in [0.15, 0.2) is 0 Å². The van der Waals surface area contributed by atoms with Gasteiger partial charge in [-0.3, -0.25) is 14.6 Å². The zero-order valence-electron chi connectivity index (χ0n) is 17.3. The predicted molar refractivity (Wildman–Crippen MR) is 115 cm³/mol. The molecule has 30 heavy (non-hydrogen) atoms. The van der Waals surface area contributed by atoms with E-state index in [2.05, 4.69) is 9.88 Å². The molecule has 2 aromatic rings. The van der Waals surface area contributed by atoms with Crippen molar-refractivity contribution < 1.29 is 14.3 Å². The highest BCUT2D eigenvalue weighted by Crippen LogP contribution is 2.37. The number of amides is 3. The van der Waals surface area contributed by atoms with Crippen LogP contribution in [-0.2, 0) is 22.5 Å². The minimum atomic E-state index is -0.744. The van der Waals surface area contributed by atoms with Gasteiger partial charge in [0.05, 0.1) is 13.2 Å². The summed E-state index contributed by atoms with van der Waals surface area (Å²) in [5.41, 5.74) is 0.381. The molecule has 4 rings (SSSR count). The van der Waals surface area contributed by atoms with Gasteiger partial charge >= 0.3 is 6.03 Å². The van der Waals surface area contributed by atoms with Gasteiger partial charge in [0, 0.05) is 44.9 Å². The number of thiazole rings is 1. The van der Waals surface area contributed by atoms with Crippen molar-refractivity contribution in [2.45, 2.75) is 31.3 Å². The molecule has 1 spiro atoms. The molecule has 2 aliphatic rings. The van der Waals surface area contributed by atoms with Crippen molar-refractivity contribution in [2.75, 3.05) is 39.9 Å². The summed E-state index contributed by atoms with van der Waals surface area (Å²) in [5.74, 6) is -0.0477. The Morgan fingerprint density at radius 3 is 2.57 bits per heavy atom. The lowest BCUT2D eigenvalue weighted by Gasteiger charge is -2.42. The molecule has 3 heterocycles. The number of ether oxygens (including phenoxy) is 1. The molecule has 0 aliphatic carbocycles. The van der Waals surface area contributed by atoms with Gasteiger partial charge in [0.25, 0.3) is 5.91 Å². The van der Waals surface area contributed by atoms with Gasteiger partial charge in [-0.15, -0.1) is 11.3 Å². The fourth-order valence-electron chi connectivity index (χ4n) is 4.44. The third-order valence-corrected chi connectivity index (χ3v) is 6.90. The summed E-state index contributed by atoms with van der Waals surface area (Å²) in [7, 11) is 1.62. The fourth-order valence-corrected chi connectivity index (χ4v) is 5.10. The lowest BCUT2D eigenvalue weighted by atomic mass is 9.85. The molecule has 8 heteroatoms. The highest BCUT2D eigenvalue weighted by atomic mass is 32.1. The molecular weight excluding hydrogens is 400 g/mol. The van der Waals surface area contributed by atoms with E-state index in [1.165, 1.54) is 4.90 Å². The third kappa shape index (κ3) is 4.12. The van der Waals surface area contributed by atoms with Crippen LogP contribution in [0.2, 0.25) is 0 Å². The second kappa shape index (κ2) is 9.24. The zero-order valence-corrected chi connectivity index (χ0v) is 18.1. The van der Waals surface area contributed by atoms with E-state index in [1.807, 2.05) is 41.9 Å². The molecule has 2 aliphatic heterocycles. The van der Waals surface area contributed by atoms with Crippen LogP contribution in [0.4, 0.5) is 4.79 Å². The van der Waals surface area contributed by atoms with Gasteiger partial charge in [-0.25, -0.2) is 9.78 Å². The number of piperidine rings is 1. The number of likely N-dealkylation sites (tertiary alicyclic amines) is 1. The number of rotatable bonds is 8. The van der Waals surface area contributed by atoms with Gasteiger partial charge < -0.3 is 9.64 Å². The van der Waals surface area contributed by atoms with E-state index in [0.29, 0.717) is 39.0 Å². The lowest BCUT2D eigenvalue weighted by molar-refractivity contribution is -0.135. The fraction of sp³-hybridized carbons (Fsp3) is 0.500. The number of aromatic nitrogens is 1. The summed E-state index contributed by atoms with van der Waals surface area (Å²) >= 11 is 1.65. The second-order valence-electron chi connectivity index (χ2n) is 7.85. The number of hydrogen-bond acceptors (Lipinski definition) is 6. The normalized spacial score (nSPS) is 19.2. The van der Waals surface area contributed by atoms with Crippen molar-refractivity contribution in [1.82, 2.24) is 19.7 Å². The summed E-state index contributed by atoms with van der Waals surface area (Å²) in [6, 6.07) is 9.81. The highest BCUT2D eigenvalue weighted by molar-refractivity contribution is 7.09. The predicted octanol–water partition coefficient (Wildman–Crippen LogP) is 2.63. The van der Waals surface area contributed by atoms with E-state index in [4.69, 9.17) is 4.74 Å². The molecule has 2 saturated heterocycles. The first kappa shape index (κ1) is 21.0. The van der Waals surface area contributed by atoms with Crippen molar-refractivity contribution in [3.63, 3.8) is 0 Å². The van der Waals surface area contributed by atoms with Crippen LogP contribution in [-0.4, -0.2) is 77.1 Å². The molecule has 0 bridgehead atoms. The monoisotopic (exact) mass is 428 g/mol. The summed E-state index contributed by atoms with van der Waals surface area (Å²) in [6.45, 7) is 3.62. The molecule has 160 valence electrons. The minimum Gasteiger partial charge on any atom is -0.383 e. The first-order valence-corrected chi connectivity index (χ1v) is 11.3. The van der Waals surface area contributed by atoms with E-state index < -0.39 is 5.54 Å². The molecular formula is C22H28N4O3S. The summed E-state index contributed by atoms with van der Waals surface area (Å²) in [4.78, 5) is 36.6. The molecule has 0 saturated carbocycles. The van der Waals surface area contributed by atoms with Crippen LogP contribution in [0.25, 0.3) is 0 Å². The molecule has 7 nitrogen and oxygen atoms in total. The topological polar surface area (TPSA) is 66.0 Å². The number of urea groups is 1. The van der Waals surface area contributed by atoms with Crippen LogP contribution in [0.1, 0.15) is 23.4 Å². The Labute approximate surface area is 181 Å². The SMILES string of the molecule is COCCN1C(=O)N(CCc2ccccc2)C(=O)C12CCN(Cc1nccs1)CC2. The van der Waals surface area contributed by atoms with Crippen LogP contribution < -0.4 is 0 Å². The number of methoxy groups -OCH3 is 1. The molecule has 0 unspecified atom stereocenters. The number of carbonyl (C=O) groups is 2. The second-order valence-corrected chi connectivity index (χ2v) is 8.83. The molecule has 1 aromatic carbocycles. The van der Waals surface area contributed by atoms with Crippen LogP contribution in [0, 0.1) is 0 Å². The number of hydrogen-bond donors (Lipinski definition) is 0. The quantitative estimate of drug-likeness (QED) is 0.605. The number of nitrogens with zero attached hydrogens (tertiary/aromatic N) is 4. The van der Waals surface area contributed by atoms with Gasteiger partial charge in [-0.05, 0) is 24.8 Å². The first-order valence-electron chi connectivity index (χ1n) is 10.4. The standard InChI is InChI=1S/C22H28N4O3S/c1-29-15-14-26-21(28)25(11-7-18-5-3-2-4-6-18)20(27)22(26)8-12-24(13-9-22)17-19-23-10-16-30-19/h2-6,10,16H,7-9,11-15,17H2,1H3. The van der Waals surface area contributed by atoms with Crippen LogP contribution in [0.15, 0.2) is 41.9 Å². The minimum absolute atomic E-state index is 0.0477. The Bertz CT molecular complexity index is 851. The average Bonchev–Trinajstić information content (AvgIpc) is 3.34. The largest absolute Gasteiger partial charge is 0.383 e. The summed E-state index contributed by atoms with van der Waals surface area (Å²) < 4.78 is 5.24. The Kier molecular flexibility index (Phi) is 6.46. The average molecular weight is 429 g/mol. The Morgan fingerprint density at radius 1 is 1.13 bits per heavy atom. The number of carbonyl (C=O) groups excluding carboxylic acids is 2. The smallest absolute Gasteiger partial charge is 0.327 e. The summed E-state index contributed by atoms with van der Waals surface area (Å²) in [5, 5.41) is 3.07.